The number of carbonyl (C=O) groups excluding carboxylic acids is 1. The molecule has 1 aromatic carbocycles. The van der Waals surface area contributed by atoms with Gasteiger partial charge in [-0.05, 0) is 44.5 Å². The van der Waals surface area contributed by atoms with Crippen LogP contribution >= 0.6 is 0 Å². The van der Waals surface area contributed by atoms with Crippen molar-refractivity contribution >= 4 is 12.0 Å². The standard InChI is InChI=1S/C15H17NO3/c1-15(2,3)19-14(17)12(10-16)9-11-5-7-13(18-4)8-6-11/h5-9H,1-4H3/b12-9+. The molecule has 0 aliphatic heterocycles. The Kier molecular flexibility index (Phi) is 4.71. The van der Waals surface area contributed by atoms with Gasteiger partial charge in [0.1, 0.15) is 23.0 Å². The van der Waals surface area contributed by atoms with Crippen molar-refractivity contribution in [1.82, 2.24) is 0 Å². The number of benzene rings is 1. The van der Waals surface area contributed by atoms with Crippen LogP contribution in [0.1, 0.15) is 26.3 Å². The van der Waals surface area contributed by atoms with Gasteiger partial charge in [0.2, 0.25) is 0 Å². The van der Waals surface area contributed by atoms with Crippen LogP contribution in [0.25, 0.3) is 6.08 Å². The zero-order chi connectivity index (χ0) is 14.5. The Hall–Kier alpha value is -2.28. The summed E-state index contributed by atoms with van der Waals surface area (Å²) < 4.78 is 10.2. The number of rotatable bonds is 3. The number of methoxy groups -OCH3 is 1. The smallest absolute Gasteiger partial charge is 0.349 e. The lowest BCUT2D eigenvalue weighted by molar-refractivity contribution is -0.149. The second kappa shape index (κ2) is 6.05. The fourth-order valence-electron chi connectivity index (χ4n) is 1.34. The van der Waals surface area contributed by atoms with Crippen LogP contribution in [0.2, 0.25) is 0 Å². The zero-order valence-corrected chi connectivity index (χ0v) is 11.6. The SMILES string of the molecule is COc1ccc(/C=C(\C#N)C(=O)OC(C)(C)C)cc1. The summed E-state index contributed by atoms with van der Waals surface area (Å²) in [6.45, 7) is 5.27. The lowest BCUT2D eigenvalue weighted by Crippen LogP contribution is -2.24. The van der Waals surface area contributed by atoms with Crippen LogP contribution < -0.4 is 4.74 Å². The fourth-order valence-corrected chi connectivity index (χ4v) is 1.34. The molecule has 0 radical (unpaired) electrons. The van der Waals surface area contributed by atoms with E-state index in [9.17, 15) is 4.79 Å². The molecule has 0 unspecified atom stereocenters. The van der Waals surface area contributed by atoms with Gasteiger partial charge in [-0.15, -0.1) is 0 Å². The number of hydrogen-bond donors (Lipinski definition) is 0. The number of hydrogen-bond acceptors (Lipinski definition) is 4. The first-order valence-electron chi connectivity index (χ1n) is 5.85. The number of esters is 1. The predicted octanol–water partition coefficient (Wildman–Crippen LogP) is 2.94. The lowest BCUT2D eigenvalue weighted by atomic mass is 10.1. The molecule has 1 aromatic rings. The third-order valence-corrected chi connectivity index (χ3v) is 2.17. The highest BCUT2D eigenvalue weighted by Gasteiger charge is 2.19. The van der Waals surface area contributed by atoms with Crippen molar-refractivity contribution in [3.8, 4) is 11.8 Å². The maximum atomic E-state index is 11.8. The number of carbonyl (C=O) groups is 1. The number of ether oxygens (including phenoxy) is 2. The second-order valence-electron chi connectivity index (χ2n) is 4.94. The van der Waals surface area contributed by atoms with Gasteiger partial charge in [-0.2, -0.15) is 5.26 Å². The highest BCUT2D eigenvalue weighted by atomic mass is 16.6. The molecule has 0 heterocycles. The molecule has 0 saturated carbocycles. The van der Waals surface area contributed by atoms with Crippen molar-refractivity contribution in [3.05, 3.63) is 35.4 Å². The minimum atomic E-state index is -0.620. The highest BCUT2D eigenvalue weighted by molar-refractivity contribution is 5.98. The average molecular weight is 259 g/mol. The average Bonchev–Trinajstić information content (AvgIpc) is 2.34. The molecule has 0 atom stereocenters. The molecule has 0 aliphatic carbocycles. The number of nitrogens with zero attached hydrogens (tertiary/aromatic N) is 1. The molecule has 4 heteroatoms. The van der Waals surface area contributed by atoms with Crippen molar-refractivity contribution < 1.29 is 14.3 Å². The minimum Gasteiger partial charge on any atom is -0.497 e. The topological polar surface area (TPSA) is 59.3 Å². The molecule has 0 bridgehead atoms. The van der Waals surface area contributed by atoms with Crippen LogP contribution in [0.3, 0.4) is 0 Å². The molecular weight excluding hydrogens is 242 g/mol. The molecule has 0 aromatic heterocycles. The molecule has 0 N–H and O–H groups in total. The van der Waals surface area contributed by atoms with Gasteiger partial charge in [-0.1, -0.05) is 12.1 Å². The van der Waals surface area contributed by atoms with Gasteiger partial charge in [-0.25, -0.2) is 4.79 Å². The highest BCUT2D eigenvalue weighted by Crippen LogP contribution is 2.16. The van der Waals surface area contributed by atoms with E-state index < -0.39 is 11.6 Å². The quantitative estimate of drug-likeness (QED) is 0.475. The van der Waals surface area contributed by atoms with Gasteiger partial charge in [-0.3, -0.25) is 0 Å². The van der Waals surface area contributed by atoms with Crippen LogP contribution in [-0.4, -0.2) is 18.7 Å². The van der Waals surface area contributed by atoms with Gasteiger partial charge in [0.15, 0.2) is 0 Å². The maximum Gasteiger partial charge on any atom is 0.349 e. The van der Waals surface area contributed by atoms with E-state index in [1.807, 2.05) is 6.07 Å². The van der Waals surface area contributed by atoms with E-state index in [-0.39, 0.29) is 5.57 Å². The van der Waals surface area contributed by atoms with E-state index in [1.165, 1.54) is 6.08 Å². The van der Waals surface area contributed by atoms with E-state index in [2.05, 4.69) is 0 Å². The van der Waals surface area contributed by atoms with Crippen molar-refractivity contribution in [2.24, 2.45) is 0 Å². The van der Waals surface area contributed by atoms with Gasteiger partial charge < -0.3 is 9.47 Å². The first-order chi connectivity index (χ1) is 8.85. The van der Waals surface area contributed by atoms with Gasteiger partial charge >= 0.3 is 5.97 Å². The van der Waals surface area contributed by atoms with E-state index >= 15 is 0 Å². The molecular formula is C15H17NO3. The van der Waals surface area contributed by atoms with Crippen molar-refractivity contribution in [2.45, 2.75) is 26.4 Å². The Morgan fingerprint density at radius 1 is 1.26 bits per heavy atom. The van der Waals surface area contributed by atoms with Crippen LogP contribution in [0.15, 0.2) is 29.8 Å². The normalized spacial score (nSPS) is 11.6. The molecule has 1 rings (SSSR count). The molecule has 0 fully saturated rings. The third kappa shape index (κ3) is 4.84. The van der Waals surface area contributed by atoms with Gasteiger partial charge in [0.05, 0.1) is 7.11 Å². The monoisotopic (exact) mass is 259 g/mol. The van der Waals surface area contributed by atoms with Gasteiger partial charge in [0, 0.05) is 0 Å². The zero-order valence-electron chi connectivity index (χ0n) is 11.6. The summed E-state index contributed by atoms with van der Waals surface area (Å²) in [5, 5.41) is 9.01. The van der Waals surface area contributed by atoms with Crippen molar-refractivity contribution in [3.63, 3.8) is 0 Å². The number of nitriles is 1. The first-order valence-corrected chi connectivity index (χ1v) is 5.85. The Labute approximate surface area is 113 Å². The van der Waals surface area contributed by atoms with E-state index in [0.717, 1.165) is 5.56 Å². The fraction of sp³-hybridized carbons (Fsp3) is 0.333. The van der Waals surface area contributed by atoms with Crippen molar-refractivity contribution in [1.29, 1.82) is 5.26 Å². The summed E-state index contributed by atoms with van der Waals surface area (Å²) >= 11 is 0. The molecule has 100 valence electrons. The maximum absolute atomic E-state index is 11.8. The first kappa shape index (κ1) is 14.8. The lowest BCUT2D eigenvalue weighted by Gasteiger charge is -2.18. The van der Waals surface area contributed by atoms with Crippen molar-refractivity contribution in [2.75, 3.05) is 7.11 Å². The molecule has 0 amide bonds. The Balaban J connectivity index is 2.93. The van der Waals surface area contributed by atoms with E-state index in [4.69, 9.17) is 14.7 Å². The van der Waals surface area contributed by atoms with E-state index in [0.29, 0.717) is 5.75 Å². The summed E-state index contributed by atoms with van der Waals surface area (Å²) in [6, 6.07) is 8.91. The molecule has 19 heavy (non-hydrogen) atoms. The summed E-state index contributed by atoms with van der Waals surface area (Å²) in [5.41, 5.74) is 0.0933. The Morgan fingerprint density at radius 2 is 1.84 bits per heavy atom. The van der Waals surface area contributed by atoms with Crippen LogP contribution in [0.4, 0.5) is 0 Å². The molecule has 0 saturated heterocycles. The predicted molar refractivity (Wildman–Crippen MR) is 72.4 cm³/mol. The molecule has 4 nitrogen and oxygen atoms in total. The Bertz CT molecular complexity index is 516. The van der Waals surface area contributed by atoms with Crippen LogP contribution in [0.5, 0.6) is 5.75 Å². The minimum absolute atomic E-state index is 0.0277. The Morgan fingerprint density at radius 3 is 2.26 bits per heavy atom. The van der Waals surface area contributed by atoms with Crippen LogP contribution in [-0.2, 0) is 9.53 Å². The summed E-state index contributed by atoms with van der Waals surface area (Å²) in [4.78, 5) is 11.8. The second-order valence-corrected chi connectivity index (χ2v) is 4.94. The summed E-state index contributed by atoms with van der Waals surface area (Å²) in [6.07, 6.45) is 1.49. The molecule has 0 spiro atoms. The summed E-state index contributed by atoms with van der Waals surface area (Å²) in [5.74, 6) is 0.0961. The largest absolute Gasteiger partial charge is 0.497 e. The third-order valence-electron chi connectivity index (χ3n) is 2.17. The van der Waals surface area contributed by atoms with Gasteiger partial charge in [0.25, 0.3) is 0 Å². The van der Waals surface area contributed by atoms with E-state index in [1.54, 1.807) is 52.1 Å². The summed E-state index contributed by atoms with van der Waals surface area (Å²) in [7, 11) is 1.58. The van der Waals surface area contributed by atoms with Crippen LogP contribution in [0, 0.1) is 11.3 Å². The molecule has 0 aliphatic rings.